The van der Waals surface area contributed by atoms with E-state index in [0.717, 1.165) is 5.57 Å². The van der Waals surface area contributed by atoms with Crippen molar-refractivity contribution in [1.82, 2.24) is 0 Å². The highest BCUT2D eigenvalue weighted by Crippen LogP contribution is 2.22. The van der Waals surface area contributed by atoms with Crippen LogP contribution in [0.3, 0.4) is 0 Å². The zero-order chi connectivity index (χ0) is 15.9. The Balaban J connectivity index is 4.89. The van der Waals surface area contributed by atoms with Gasteiger partial charge < -0.3 is 14.9 Å². The maximum atomic E-state index is 10.3. The van der Waals surface area contributed by atoms with Crippen molar-refractivity contribution in [2.75, 3.05) is 13.7 Å². The average Bonchev–Trinajstić information content (AvgIpc) is 2.37. The van der Waals surface area contributed by atoms with Crippen LogP contribution in [0.25, 0.3) is 0 Å². The number of aliphatic hydroxyl groups is 2. The van der Waals surface area contributed by atoms with Crippen LogP contribution in [0.2, 0.25) is 0 Å². The van der Waals surface area contributed by atoms with Crippen molar-refractivity contribution in [3.05, 3.63) is 23.3 Å². The summed E-state index contributed by atoms with van der Waals surface area (Å²) >= 11 is 0. The third-order valence-electron chi connectivity index (χ3n) is 3.73. The van der Waals surface area contributed by atoms with E-state index in [1.54, 1.807) is 7.11 Å². The molecular weight excluding hydrogens is 252 g/mol. The molecule has 0 fully saturated rings. The van der Waals surface area contributed by atoms with Crippen molar-refractivity contribution >= 4 is 0 Å². The fraction of sp³-hybridized carbons (Fsp3) is 0.765. The molecule has 0 amide bonds. The molecule has 118 valence electrons. The number of methoxy groups -OCH3 is 1. The van der Waals surface area contributed by atoms with Crippen molar-refractivity contribution in [3.8, 4) is 0 Å². The molecule has 0 aliphatic heterocycles. The molecule has 2 N–H and O–H groups in total. The van der Waals surface area contributed by atoms with Crippen LogP contribution in [-0.4, -0.2) is 36.1 Å². The summed E-state index contributed by atoms with van der Waals surface area (Å²) in [5.74, 6) is 0.321. The van der Waals surface area contributed by atoms with Gasteiger partial charge in [-0.2, -0.15) is 0 Å². The van der Waals surface area contributed by atoms with E-state index in [9.17, 15) is 10.2 Å². The molecule has 3 heteroatoms. The van der Waals surface area contributed by atoms with Crippen molar-refractivity contribution < 1.29 is 14.9 Å². The molecular formula is C17H32O3. The lowest BCUT2D eigenvalue weighted by atomic mass is 9.89. The average molecular weight is 284 g/mol. The Kier molecular flexibility index (Phi) is 9.03. The first-order chi connectivity index (χ1) is 9.24. The molecule has 0 aliphatic rings. The molecule has 1 unspecified atom stereocenters. The first-order valence-electron chi connectivity index (χ1n) is 7.39. The fourth-order valence-corrected chi connectivity index (χ4v) is 2.71. The summed E-state index contributed by atoms with van der Waals surface area (Å²) < 4.78 is 5.47. The van der Waals surface area contributed by atoms with E-state index in [0.29, 0.717) is 0 Å². The Morgan fingerprint density at radius 1 is 1.05 bits per heavy atom. The second-order valence-electron chi connectivity index (χ2n) is 6.18. The van der Waals surface area contributed by atoms with Gasteiger partial charge in [0.1, 0.15) is 0 Å². The van der Waals surface area contributed by atoms with Crippen LogP contribution in [0.4, 0.5) is 0 Å². The molecule has 0 heterocycles. The number of allylic oxidation sites excluding steroid dienone is 1. The monoisotopic (exact) mass is 284 g/mol. The van der Waals surface area contributed by atoms with Gasteiger partial charge in [-0.1, -0.05) is 38.5 Å². The standard InChI is InChI=1S/C17H32O3/c1-11(2)8-12(3)16(19)13(4)9-14(5)17(20-7)15(6)10-18/h8-9,12,14-19H,10H2,1-7H3/b13-9+/t12-,14+,15-,16?,17+/m1/s1. The fourth-order valence-electron chi connectivity index (χ4n) is 2.71. The Hall–Kier alpha value is -0.640. The largest absolute Gasteiger partial charge is 0.396 e. The number of ether oxygens (including phenoxy) is 1. The summed E-state index contributed by atoms with van der Waals surface area (Å²) in [6, 6.07) is 0. The van der Waals surface area contributed by atoms with Crippen LogP contribution in [0.1, 0.15) is 41.5 Å². The molecule has 0 rings (SSSR count). The molecule has 0 radical (unpaired) electrons. The maximum absolute atomic E-state index is 10.3. The zero-order valence-corrected chi connectivity index (χ0v) is 14.1. The summed E-state index contributed by atoms with van der Waals surface area (Å²) in [6.45, 7) is 12.2. The van der Waals surface area contributed by atoms with Crippen LogP contribution >= 0.6 is 0 Å². The van der Waals surface area contributed by atoms with E-state index in [1.165, 1.54) is 5.57 Å². The molecule has 3 nitrogen and oxygen atoms in total. The number of hydrogen-bond donors (Lipinski definition) is 2. The predicted molar refractivity (Wildman–Crippen MR) is 84.6 cm³/mol. The highest BCUT2D eigenvalue weighted by molar-refractivity contribution is 5.12. The van der Waals surface area contributed by atoms with Crippen molar-refractivity contribution in [2.24, 2.45) is 17.8 Å². The number of rotatable bonds is 8. The quantitative estimate of drug-likeness (QED) is 0.673. The normalized spacial score (nSPS) is 19.9. The summed E-state index contributed by atoms with van der Waals surface area (Å²) in [4.78, 5) is 0. The molecule has 0 aromatic heterocycles. The van der Waals surface area contributed by atoms with E-state index in [1.807, 2.05) is 34.6 Å². The first kappa shape index (κ1) is 19.4. The summed E-state index contributed by atoms with van der Waals surface area (Å²) in [5, 5.41) is 19.6. The second-order valence-corrected chi connectivity index (χ2v) is 6.18. The van der Waals surface area contributed by atoms with Gasteiger partial charge in [-0.05, 0) is 26.3 Å². The van der Waals surface area contributed by atoms with Gasteiger partial charge >= 0.3 is 0 Å². The third kappa shape index (κ3) is 6.21. The van der Waals surface area contributed by atoms with Crippen LogP contribution in [0, 0.1) is 17.8 Å². The predicted octanol–water partition coefficient (Wildman–Crippen LogP) is 3.18. The topological polar surface area (TPSA) is 49.7 Å². The SMILES string of the molecule is CO[C@H]([C@H](C)CO)[C@@H](C)/C=C(\C)C(O)[C@H](C)C=C(C)C. The van der Waals surface area contributed by atoms with E-state index in [-0.39, 0.29) is 30.5 Å². The molecule has 0 aromatic carbocycles. The summed E-state index contributed by atoms with van der Waals surface area (Å²) in [6.07, 6.45) is 3.62. The molecule has 5 atom stereocenters. The second kappa shape index (κ2) is 9.32. The number of aliphatic hydroxyl groups excluding tert-OH is 2. The molecule has 20 heavy (non-hydrogen) atoms. The van der Waals surface area contributed by atoms with Gasteiger partial charge in [-0.15, -0.1) is 0 Å². The van der Waals surface area contributed by atoms with Gasteiger partial charge in [0.2, 0.25) is 0 Å². The van der Waals surface area contributed by atoms with Gasteiger partial charge in [0, 0.05) is 31.5 Å². The lowest BCUT2D eigenvalue weighted by molar-refractivity contribution is 0.0101. The van der Waals surface area contributed by atoms with E-state index < -0.39 is 6.10 Å². The maximum Gasteiger partial charge on any atom is 0.0807 e. The molecule has 0 spiro atoms. The Bertz CT molecular complexity index is 329. The van der Waals surface area contributed by atoms with Crippen LogP contribution in [-0.2, 0) is 4.74 Å². The van der Waals surface area contributed by atoms with Gasteiger partial charge in [0.25, 0.3) is 0 Å². The van der Waals surface area contributed by atoms with Gasteiger partial charge in [0.05, 0.1) is 12.2 Å². The van der Waals surface area contributed by atoms with Crippen molar-refractivity contribution in [1.29, 1.82) is 0 Å². The van der Waals surface area contributed by atoms with Crippen molar-refractivity contribution in [3.63, 3.8) is 0 Å². The minimum atomic E-state index is -0.478. The van der Waals surface area contributed by atoms with E-state index in [4.69, 9.17) is 4.74 Å². The van der Waals surface area contributed by atoms with Gasteiger partial charge in [0.15, 0.2) is 0 Å². The van der Waals surface area contributed by atoms with Gasteiger partial charge in [-0.25, -0.2) is 0 Å². The first-order valence-corrected chi connectivity index (χ1v) is 7.39. The highest BCUT2D eigenvalue weighted by atomic mass is 16.5. The molecule has 0 bridgehead atoms. The minimum Gasteiger partial charge on any atom is -0.396 e. The van der Waals surface area contributed by atoms with Crippen molar-refractivity contribution in [2.45, 2.75) is 53.8 Å². The van der Waals surface area contributed by atoms with Gasteiger partial charge in [-0.3, -0.25) is 0 Å². The Labute approximate surface area is 124 Å². The summed E-state index contributed by atoms with van der Waals surface area (Å²) in [5.41, 5.74) is 2.16. The highest BCUT2D eigenvalue weighted by Gasteiger charge is 2.23. The van der Waals surface area contributed by atoms with Crippen LogP contribution in [0.5, 0.6) is 0 Å². The Morgan fingerprint density at radius 3 is 2.00 bits per heavy atom. The molecule has 0 aliphatic carbocycles. The summed E-state index contributed by atoms with van der Waals surface area (Å²) in [7, 11) is 1.67. The van der Waals surface area contributed by atoms with E-state index in [2.05, 4.69) is 19.1 Å². The lowest BCUT2D eigenvalue weighted by Gasteiger charge is -2.27. The number of hydrogen-bond acceptors (Lipinski definition) is 3. The molecule has 0 saturated heterocycles. The lowest BCUT2D eigenvalue weighted by Crippen LogP contribution is -2.30. The Morgan fingerprint density at radius 2 is 1.60 bits per heavy atom. The third-order valence-corrected chi connectivity index (χ3v) is 3.73. The molecule has 0 aromatic rings. The zero-order valence-electron chi connectivity index (χ0n) is 14.1. The van der Waals surface area contributed by atoms with Crippen LogP contribution in [0.15, 0.2) is 23.3 Å². The molecule has 0 saturated carbocycles. The van der Waals surface area contributed by atoms with E-state index >= 15 is 0 Å². The minimum absolute atomic E-state index is 0.0408. The van der Waals surface area contributed by atoms with Crippen LogP contribution < -0.4 is 0 Å². The smallest absolute Gasteiger partial charge is 0.0807 e.